The molecule has 0 saturated heterocycles. The second-order valence-electron chi connectivity index (χ2n) is 6.01. The Morgan fingerprint density at radius 2 is 2.00 bits per heavy atom. The lowest BCUT2D eigenvalue weighted by Crippen LogP contribution is -2.15. The van der Waals surface area contributed by atoms with Gasteiger partial charge in [0.15, 0.2) is 0 Å². The van der Waals surface area contributed by atoms with E-state index in [1.54, 1.807) is 36.3 Å². The number of hydrogen-bond donors (Lipinski definition) is 0. The number of carbonyl (C=O) groups excluding carboxylic acids is 1. The van der Waals surface area contributed by atoms with E-state index in [0.717, 1.165) is 16.7 Å². The van der Waals surface area contributed by atoms with E-state index in [1.807, 2.05) is 25.3 Å². The zero-order chi connectivity index (χ0) is 19.4. The maximum absolute atomic E-state index is 11.9. The summed E-state index contributed by atoms with van der Waals surface area (Å²) in [6.45, 7) is 2.75. The quantitative estimate of drug-likeness (QED) is 0.626. The number of hydrogen-bond acceptors (Lipinski definition) is 5. The van der Waals surface area contributed by atoms with Crippen molar-refractivity contribution in [2.24, 2.45) is 7.05 Å². The Hall–Kier alpha value is -3.35. The lowest BCUT2D eigenvalue weighted by Gasteiger charge is -2.10. The number of pyridine rings is 1. The minimum atomic E-state index is -0.380. The summed E-state index contributed by atoms with van der Waals surface area (Å²) < 4.78 is 13.7. The molecule has 0 bridgehead atoms. The first-order valence-electron chi connectivity index (χ1n) is 8.56. The average molecular weight is 367 g/mol. The standard InChI is InChI=1S/C20H21N3O4/c1-4-27-18-9-19(24)22(2)13-17(18)15-10-21-23(12-15)11-14-7-5-6-8-16(14)20(25)26-3/h5-10,12-13H,4,11H2,1-3H3. The molecular weight excluding hydrogens is 346 g/mol. The number of nitrogens with zero attached hydrogens (tertiary/aromatic N) is 3. The first-order valence-corrected chi connectivity index (χ1v) is 8.56. The number of esters is 1. The molecule has 7 heteroatoms. The van der Waals surface area contributed by atoms with Crippen LogP contribution >= 0.6 is 0 Å². The van der Waals surface area contributed by atoms with Crippen molar-refractivity contribution in [1.29, 1.82) is 0 Å². The van der Waals surface area contributed by atoms with Crippen molar-refractivity contribution < 1.29 is 14.3 Å². The Kier molecular flexibility index (Phi) is 5.40. The van der Waals surface area contributed by atoms with Crippen LogP contribution in [0.15, 0.2) is 53.7 Å². The molecule has 2 aromatic heterocycles. The second kappa shape index (κ2) is 7.90. The summed E-state index contributed by atoms with van der Waals surface area (Å²) in [4.78, 5) is 23.8. The number of rotatable bonds is 6. The third-order valence-corrected chi connectivity index (χ3v) is 4.19. The molecule has 0 spiro atoms. The van der Waals surface area contributed by atoms with Gasteiger partial charge in [-0.1, -0.05) is 18.2 Å². The second-order valence-corrected chi connectivity index (χ2v) is 6.01. The highest BCUT2D eigenvalue weighted by Crippen LogP contribution is 2.28. The third kappa shape index (κ3) is 3.92. The molecule has 3 aromatic rings. The van der Waals surface area contributed by atoms with Gasteiger partial charge in [0.1, 0.15) is 5.75 Å². The van der Waals surface area contributed by atoms with E-state index in [0.29, 0.717) is 24.5 Å². The molecule has 0 saturated carbocycles. The molecule has 1 aromatic carbocycles. The zero-order valence-electron chi connectivity index (χ0n) is 15.5. The minimum Gasteiger partial charge on any atom is -0.493 e. The van der Waals surface area contributed by atoms with Crippen LogP contribution in [0, 0.1) is 0 Å². The van der Waals surface area contributed by atoms with E-state index in [9.17, 15) is 9.59 Å². The molecule has 7 nitrogen and oxygen atoms in total. The topological polar surface area (TPSA) is 75.4 Å². The fourth-order valence-corrected chi connectivity index (χ4v) is 2.84. The van der Waals surface area contributed by atoms with Crippen molar-refractivity contribution in [3.05, 3.63) is 70.4 Å². The van der Waals surface area contributed by atoms with Crippen molar-refractivity contribution in [3.63, 3.8) is 0 Å². The van der Waals surface area contributed by atoms with Gasteiger partial charge in [-0.2, -0.15) is 5.10 Å². The summed E-state index contributed by atoms with van der Waals surface area (Å²) in [6.07, 6.45) is 5.30. The number of benzene rings is 1. The van der Waals surface area contributed by atoms with Gasteiger partial charge in [0.05, 0.1) is 32.0 Å². The summed E-state index contributed by atoms with van der Waals surface area (Å²) in [7, 11) is 3.05. The summed E-state index contributed by atoms with van der Waals surface area (Å²) in [5, 5.41) is 4.39. The van der Waals surface area contributed by atoms with Crippen LogP contribution in [0.1, 0.15) is 22.8 Å². The first kappa shape index (κ1) is 18.4. The SMILES string of the molecule is CCOc1cc(=O)n(C)cc1-c1cnn(Cc2ccccc2C(=O)OC)c1. The van der Waals surface area contributed by atoms with Crippen LogP contribution in [-0.4, -0.2) is 34.0 Å². The van der Waals surface area contributed by atoms with E-state index >= 15 is 0 Å². The van der Waals surface area contributed by atoms with E-state index in [-0.39, 0.29) is 11.5 Å². The largest absolute Gasteiger partial charge is 0.493 e. The van der Waals surface area contributed by atoms with Crippen LogP contribution in [0.4, 0.5) is 0 Å². The molecule has 0 aliphatic rings. The molecule has 0 aliphatic carbocycles. The molecule has 0 amide bonds. The van der Waals surface area contributed by atoms with Gasteiger partial charge in [-0.25, -0.2) is 4.79 Å². The number of methoxy groups -OCH3 is 1. The zero-order valence-corrected chi connectivity index (χ0v) is 15.5. The smallest absolute Gasteiger partial charge is 0.338 e. The Labute approximate surface area is 156 Å². The Morgan fingerprint density at radius 1 is 1.22 bits per heavy atom. The highest BCUT2D eigenvalue weighted by Gasteiger charge is 2.14. The Balaban J connectivity index is 1.94. The number of aromatic nitrogens is 3. The van der Waals surface area contributed by atoms with E-state index in [4.69, 9.17) is 9.47 Å². The van der Waals surface area contributed by atoms with Crippen LogP contribution in [-0.2, 0) is 18.3 Å². The predicted molar refractivity (Wildman–Crippen MR) is 101 cm³/mol. The Bertz CT molecular complexity index is 1020. The maximum atomic E-state index is 11.9. The van der Waals surface area contributed by atoms with Crippen molar-refractivity contribution in [3.8, 4) is 16.9 Å². The fraction of sp³-hybridized carbons (Fsp3) is 0.250. The normalized spacial score (nSPS) is 10.6. The van der Waals surface area contributed by atoms with Crippen molar-refractivity contribution in [2.75, 3.05) is 13.7 Å². The van der Waals surface area contributed by atoms with E-state index in [2.05, 4.69) is 5.10 Å². The molecule has 0 atom stereocenters. The lowest BCUT2D eigenvalue weighted by molar-refractivity contribution is 0.0599. The van der Waals surface area contributed by atoms with E-state index < -0.39 is 0 Å². The van der Waals surface area contributed by atoms with Crippen LogP contribution in [0.5, 0.6) is 5.75 Å². The number of carbonyl (C=O) groups is 1. The summed E-state index contributed by atoms with van der Waals surface area (Å²) in [6, 6.07) is 8.73. The molecule has 140 valence electrons. The van der Waals surface area contributed by atoms with Crippen molar-refractivity contribution in [2.45, 2.75) is 13.5 Å². The van der Waals surface area contributed by atoms with Crippen LogP contribution in [0.25, 0.3) is 11.1 Å². The monoisotopic (exact) mass is 367 g/mol. The molecular formula is C20H21N3O4. The van der Waals surface area contributed by atoms with Crippen LogP contribution < -0.4 is 10.3 Å². The van der Waals surface area contributed by atoms with Gasteiger partial charge in [0.25, 0.3) is 5.56 Å². The molecule has 3 rings (SSSR count). The summed E-state index contributed by atoms with van der Waals surface area (Å²) in [5.41, 5.74) is 2.79. The van der Waals surface area contributed by atoms with Crippen LogP contribution in [0.2, 0.25) is 0 Å². The van der Waals surface area contributed by atoms with Gasteiger partial charge in [-0.05, 0) is 18.6 Å². The third-order valence-electron chi connectivity index (χ3n) is 4.19. The average Bonchev–Trinajstić information content (AvgIpc) is 3.13. The molecule has 2 heterocycles. The molecule has 0 aliphatic heterocycles. The van der Waals surface area contributed by atoms with Gasteiger partial charge in [0, 0.05) is 36.6 Å². The molecule has 0 fully saturated rings. The minimum absolute atomic E-state index is 0.137. The molecule has 0 radical (unpaired) electrons. The lowest BCUT2D eigenvalue weighted by atomic mass is 10.1. The maximum Gasteiger partial charge on any atom is 0.338 e. The van der Waals surface area contributed by atoms with Gasteiger partial charge >= 0.3 is 5.97 Å². The van der Waals surface area contributed by atoms with Crippen LogP contribution in [0.3, 0.4) is 0 Å². The summed E-state index contributed by atoms with van der Waals surface area (Å²) >= 11 is 0. The van der Waals surface area contributed by atoms with Gasteiger partial charge in [-0.3, -0.25) is 9.48 Å². The van der Waals surface area contributed by atoms with Crippen molar-refractivity contribution in [1.82, 2.24) is 14.3 Å². The van der Waals surface area contributed by atoms with Gasteiger partial charge in [-0.15, -0.1) is 0 Å². The van der Waals surface area contributed by atoms with E-state index in [1.165, 1.54) is 17.7 Å². The van der Waals surface area contributed by atoms with Gasteiger partial charge < -0.3 is 14.0 Å². The first-order chi connectivity index (χ1) is 13.0. The highest BCUT2D eigenvalue weighted by molar-refractivity contribution is 5.90. The molecule has 0 N–H and O–H groups in total. The fourth-order valence-electron chi connectivity index (χ4n) is 2.84. The number of aryl methyl sites for hydroxylation is 1. The molecule has 0 unspecified atom stereocenters. The molecule has 27 heavy (non-hydrogen) atoms. The van der Waals surface area contributed by atoms with Gasteiger partial charge in [0.2, 0.25) is 0 Å². The highest BCUT2D eigenvalue weighted by atomic mass is 16.5. The Morgan fingerprint density at radius 3 is 2.74 bits per heavy atom. The number of ether oxygens (including phenoxy) is 2. The van der Waals surface area contributed by atoms with Crippen molar-refractivity contribution >= 4 is 5.97 Å². The summed E-state index contributed by atoms with van der Waals surface area (Å²) in [5.74, 6) is 0.143. The predicted octanol–water partition coefficient (Wildman–Crippen LogP) is 2.48.